The summed E-state index contributed by atoms with van der Waals surface area (Å²) in [6.07, 6.45) is -1.16. The molecule has 0 bridgehead atoms. The first-order valence-corrected chi connectivity index (χ1v) is 6.08. The number of alkyl carbamates (subject to hydrolysis) is 1. The van der Waals surface area contributed by atoms with Crippen LogP contribution in [0.3, 0.4) is 0 Å². The van der Waals surface area contributed by atoms with Crippen LogP contribution in [0.25, 0.3) is 0 Å². The first-order valence-electron chi connectivity index (χ1n) is 6.08. The van der Waals surface area contributed by atoms with Gasteiger partial charge in [0.05, 0.1) is 6.04 Å². The first kappa shape index (κ1) is 13.2. The molecule has 6 heteroatoms. The van der Waals surface area contributed by atoms with Crippen molar-refractivity contribution in [1.29, 1.82) is 0 Å². The molecule has 1 aliphatic rings. The van der Waals surface area contributed by atoms with E-state index in [1.807, 2.05) is 30.3 Å². The molecule has 0 saturated carbocycles. The number of ether oxygens (including phenoxy) is 1. The summed E-state index contributed by atoms with van der Waals surface area (Å²) in [6, 6.07) is 9.13. The average molecular weight is 263 g/mol. The molecule has 2 amide bonds. The van der Waals surface area contributed by atoms with Gasteiger partial charge >= 0.3 is 6.09 Å². The Morgan fingerprint density at radius 1 is 1.37 bits per heavy atom. The van der Waals surface area contributed by atoms with Crippen LogP contribution in [0.5, 0.6) is 0 Å². The second-order valence-electron chi connectivity index (χ2n) is 4.40. The van der Waals surface area contributed by atoms with E-state index in [4.69, 9.17) is 4.74 Å². The zero-order valence-corrected chi connectivity index (χ0v) is 10.4. The van der Waals surface area contributed by atoms with Gasteiger partial charge in [-0.1, -0.05) is 30.3 Å². The number of likely N-dealkylation sites (tertiary alicyclic amines) is 1. The molecular formula is C13H15N2O4-. The van der Waals surface area contributed by atoms with Crippen LogP contribution in [-0.2, 0) is 11.3 Å². The highest BCUT2D eigenvalue weighted by molar-refractivity contribution is 5.68. The van der Waals surface area contributed by atoms with E-state index in [1.165, 1.54) is 4.90 Å². The largest absolute Gasteiger partial charge is 0.530 e. The van der Waals surface area contributed by atoms with E-state index < -0.39 is 12.2 Å². The molecule has 2 rings (SSSR count). The Morgan fingerprint density at radius 3 is 2.74 bits per heavy atom. The van der Waals surface area contributed by atoms with Gasteiger partial charge in [-0.2, -0.15) is 0 Å². The van der Waals surface area contributed by atoms with Crippen LogP contribution >= 0.6 is 0 Å². The highest BCUT2D eigenvalue weighted by Gasteiger charge is 2.24. The van der Waals surface area contributed by atoms with Crippen molar-refractivity contribution >= 4 is 12.2 Å². The minimum Gasteiger partial charge on any atom is -0.530 e. The third-order valence-electron chi connectivity index (χ3n) is 2.98. The fourth-order valence-corrected chi connectivity index (χ4v) is 1.98. The molecule has 19 heavy (non-hydrogen) atoms. The number of amides is 2. The summed E-state index contributed by atoms with van der Waals surface area (Å²) >= 11 is 0. The standard InChI is InChI=1S/C13H16N2O4/c16-12(19-9-10-4-2-1-3-5-10)14-11-6-7-15(8-11)13(17)18/h1-5,11H,6-9H2,(H,14,16)(H,17,18)/p-1/t11-/m0/s1. The predicted molar refractivity (Wildman–Crippen MR) is 65.1 cm³/mol. The lowest BCUT2D eigenvalue weighted by Crippen LogP contribution is -2.43. The Bertz CT molecular complexity index is 449. The maximum absolute atomic E-state index is 11.5. The van der Waals surface area contributed by atoms with Crippen LogP contribution in [0, 0.1) is 0 Å². The molecule has 1 aliphatic heterocycles. The Balaban J connectivity index is 1.72. The Kier molecular flexibility index (Phi) is 4.22. The number of nitrogens with one attached hydrogen (secondary N) is 1. The van der Waals surface area contributed by atoms with E-state index in [9.17, 15) is 14.7 Å². The molecule has 0 aromatic heterocycles. The van der Waals surface area contributed by atoms with E-state index in [0.717, 1.165) is 5.56 Å². The van der Waals surface area contributed by atoms with Gasteiger partial charge in [-0.3, -0.25) is 0 Å². The van der Waals surface area contributed by atoms with Gasteiger partial charge in [0.15, 0.2) is 0 Å². The number of rotatable bonds is 3. The van der Waals surface area contributed by atoms with Gasteiger partial charge < -0.3 is 24.9 Å². The maximum Gasteiger partial charge on any atom is 0.407 e. The molecule has 1 heterocycles. The maximum atomic E-state index is 11.5. The van der Waals surface area contributed by atoms with Crippen LogP contribution in [0.15, 0.2) is 30.3 Å². The number of hydrogen-bond donors (Lipinski definition) is 1. The van der Waals surface area contributed by atoms with Crippen molar-refractivity contribution in [1.82, 2.24) is 10.2 Å². The predicted octanol–water partition coefficient (Wildman–Crippen LogP) is 0.330. The van der Waals surface area contributed by atoms with E-state index in [-0.39, 0.29) is 19.2 Å². The Hall–Kier alpha value is -2.24. The van der Waals surface area contributed by atoms with Gasteiger partial charge in [-0.25, -0.2) is 4.79 Å². The molecule has 1 fully saturated rings. The summed E-state index contributed by atoms with van der Waals surface area (Å²) in [5.74, 6) is 0. The highest BCUT2D eigenvalue weighted by atomic mass is 16.5. The molecule has 0 radical (unpaired) electrons. The van der Waals surface area contributed by atoms with Gasteiger partial charge in [0, 0.05) is 13.1 Å². The van der Waals surface area contributed by atoms with Crippen molar-refractivity contribution in [3.8, 4) is 0 Å². The van der Waals surface area contributed by atoms with E-state index in [1.54, 1.807) is 0 Å². The first-order chi connectivity index (χ1) is 9.15. The molecular weight excluding hydrogens is 248 g/mol. The topological polar surface area (TPSA) is 81.7 Å². The molecule has 1 aromatic carbocycles. The summed E-state index contributed by atoms with van der Waals surface area (Å²) in [4.78, 5) is 23.3. The number of carbonyl (C=O) groups is 2. The molecule has 1 N–H and O–H groups in total. The quantitative estimate of drug-likeness (QED) is 0.852. The van der Waals surface area contributed by atoms with Crippen LogP contribution in [-0.4, -0.2) is 36.2 Å². The lowest BCUT2D eigenvalue weighted by Gasteiger charge is -2.18. The summed E-state index contributed by atoms with van der Waals surface area (Å²) < 4.78 is 5.05. The summed E-state index contributed by atoms with van der Waals surface area (Å²) in [7, 11) is 0. The zero-order valence-electron chi connectivity index (χ0n) is 10.4. The van der Waals surface area contributed by atoms with Crippen molar-refractivity contribution < 1.29 is 19.4 Å². The van der Waals surface area contributed by atoms with E-state index in [0.29, 0.717) is 13.0 Å². The minimum atomic E-state index is -1.21. The zero-order chi connectivity index (χ0) is 13.7. The van der Waals surface area contributed by atoms with Crippen LogP contribution < -0.4 is 10.4 Å². The Labute approximate surface area is 111 Å². The smallest absolute Gasteiger partial charge is 0.407 e. The number of nitrogens with zero attached hydrogens (tertiary/aromatic N) is 1. The van der Waals surface area contributed by atoms with Crippen LogP contribution in [0.1, 0.15) is 12.0 Å². The van der Waals surface area contributed by atoms with E-state index in [2.05, 4.69) is 5.32 Å². The van der Waals surface area contributed by atoms with Crippen molar-refractivity contribution in [2.75, 3.05) is 13.1 Å². The third-order valence-corrected chi connectivity index (χ3v) is 2.98. The molecule has 102 valence electrons. The summed E-state index contributed by atoms with van der Waals surface area (Å²) in [6.45, 7) is 0.832. The SMILES string of the molecule is O=C(N[C@H]1CCN(C(=O)[O-])C1)OCc1ccccc1. The molecule has 1 saturated heterocycles. The van der Waals surface area contributed by atoms with E-state index >= 15 is 0 Å². The monoisotopic (exact) mass is 263 g/mol. The number of carbonyl (C=O) groups excluding carboxylic acids is 2. The molecule has 0 aliphatic carbocycles. The second kappa shape index (κ2) is 6.08. The van der Waals surface area contributed by atoms with Gasteiger partial charge in [-0.15, -0.1) is 0 Å². The highest BCUT2D eigenvalue weighted by Crippen LogP contribution is 2.08. The number of carboxylic acid groups (broad SMARTS) is 1. The van der Waals surface area contributed by atoms with Gasteiger partial charge in [0.1, 0.15) is 12.7 Å². The molecule has 1 aromatic rings. The van der Waals surface area contributed by atoms with Crippen molar-refractivity contribution in [3.05, 3.63) is 35.9 Å². The fourth-order valence-electron chi connectivity index (χ4n) is 1.98. The molecule has 1 atom stereocenters. The summed E-state index contributed by atoms with van der Waals surface area (Å²) in [5.41, 5.74) is 0.903. The molecule has 6 nitrogen and oxygen atoms in total. The van der Waals surface area contributed by atoms with Gasteiger partial charge in [0.25, 0.3) is 0 Å². The lowest BCUT2D eigenvalue weighted by atomic mass is 10.2. The van der Waals surface area contributed by atoms with Gasteiger partial charge in [0.2, 0.25) is 0 Å². The van der Waals surface area contributed by atoms with Crippen LogP contribution in [0.2, 0.25) is 0 Å². The van der Waals surface area contributed by atoms with Crippen LogP contribution in [0.4, 0.5) is 9.59 Å². The van der Waals surface area contributed by atoms with Crippen molar-refractivity contribution in [3.63, 3.8) is 0 Å². The minimum absolute atomic E-state index is 0.198. The van der Waals surface area contributed by atoms with Crippen molar-refractivity contribution in [2.45, 2.75) is 19.1 Å². The molecule has 0 spiro atoms. The van der Waals surface area contributed by atoms with Gasteiger partial charge in [-0.05, 0) is 12.0 Å². The number of benzene rings is 1. The third kappa shape index (κ3) is 3.87. The average Bonchev–Trinajstić information content (AvgIpc) is 2.86. The summed E-state index contributed by atoms with van der Waals surface area (Å²) in [5, 5.41) is 13.3. The lowest BCUT2D eigenvalue weighted by molar-refractivity contribution is -0.264. The Morgan fingerprint density at radius 2 is 2.11 bits per heavy atom. The number of hydrogen-bond acceptors (Lipinski definition) is 4. The second-order valence-corrected chi connectivity index (χ2v) is 4.40. The molecule has 0 unspecified atom stereocenters. The fraction of sp³-hybridized carbons (Fsp3) is 0.385. The normalized spacial score (nSPS) is 18.1. The van der Waals surface area contributed by atoms with Crippen molar-refractivity contribution in [2.24, 2.45) is 0 Å².